The second-order valence-electron chi connectivity index (χ2n) is 7.01. The van der Waals surface area contributed by atoms with Crippen molar-refractivity contribution in [3.05, 3.63) is 84.6 Å². The molecule has 0 saturated carbocycles. The van der Waals surface area contributed by atoms with Gasteiger partial charge in [-0.3, -0.25) is 14.7 Å². The Kier molecular flexibility index (Phi) is 5.35. The third kappa shape index (κ3) is 4.02. The maximum Gasteiger partial charge on any atom is 0.252 e. The van der Waals surface area contributed by atoms with Gasteiger partial charge in [-0.05, 0) is 50.5 Å². The lowest BCUT2D eigenvalue weighted by molar-refractivity contribution is 0.0940. The van der Waals surface area contributed by atoms with E-state index in [1.54, 1.807) is 18.7 Å². The molecule has 0 radical (unpaired) electrons. The summed E-state index contributed by atoms with van der Waals surface area (Å²) in [6, 6.07) is 17.0. The highest BCUT2D eigenvalue weighted by atomic mass is 16.3. The number of furan rings is 1. The van der Waals surface area contributed by atoms with E-state index in [1.165, 1.54) is 0 Å². The number of likely N-dealkylation sites (N-methyl/N-ethyl adjacent to an activating group) is 1. The fourth-order valence-corrected chi connectivity index (χ4v) is 3.34. The molecule has 0 fully saturated rings. The van der Waals surface area contributed by atoms with Crippen LogP contribution in [0.5, 0.6) is 0 Å². The lowest BCUT2D eigenvalue weighted by Gasteiger charge is -2.22. The van der Waals surface area contributed by atoms with Crippen molar-refractivity contribution in [2.24, 2.45) is 0 Å². The van der Waals surface area contributed by atoms with Gasteiger partial charge in [-0.15, -0.1) is 0 Å². The van der Waals surface area contributed by atoms with Crippen molar-refractivity contribution in [2.75, 3.05) is 20.6 Å². The van der Waals surface area contributed by atoms with E-state index in [0.717, 1.165) is 27.9 Å². The highest BCUT2D eigenvalue weighted by Crippen LogP contribution is 2.25. The van der Waals surface area contributed by atoms with Gasteiger partial charge in [0.25, 0.3) is 5.91 Å². The van der Waals surface area contributed by atoms with Gasteiger partial charge in [0, 0.05) is 29.9 Å². The number of amides is 1. The number of nitrogens with one attached hydrogen (secondary N) is 1. The SMILES string of the molecule is CN(C)C(CNC(=O)c1cc(-c2ccncc2)nc2ccccc12)c1ccco1. The summed E-state index contributed by atoms with van der Waals surface area (Å²) in [5, 5.41) is 3.88. The van der Waals surface area contributed by atoms with E-state index in [2.05, 4.69) is 10.3 Å². The molecule has 1 amide bonds. The first-order chi connectivity index (χ1) is 14.1. The van der Waals surface area contributed by atoms with Crippen LogP contribution in [-0.2, 0) is 0 Å². The van der Waals surface area contributed by atoms with Gasteiger partial charge >= 0.3 is 0 Å². The highest BCUT2D eigenvalue weighted by molar-refractivity contribution is 6.07. The summed E-state index contributed by atoms with van der Waals surface area (Å²) in [5.74, 6) is 0.671. The van der Waals surface area contributed by atoms with Crippen LogP contribution in [0.15, 0.2) is 77.7 Å². The molecule has 0 saturated heterocycles. The van der Waals surface area contributed by atoms with E-state index >= 15 is 0 Å². The predicted molar refractivity (Wildman–Crippen MR) is 112 cm³/mol. The van der Waals surface area contributed by atoms with Crippen molar-refractivity contribution in [2.45, 2.75) is 6.04 Å². The molecule has 6 nitrogen and oxygen atoms in total. The van der Waals surface area contributed by atoms with E-state index in [4.69, 9.17) is 9.40 Å². The van der Waals surface area contributed by atoms with Gasteiger partial charge in [0.1, 0.15) is 5.76 Å². The average molecular weight is 386 g/mol. The molecule has 3 heterocycles. The summed E-state index contributed by atoms with van der Waals surface area (Å²) < 4.78 is 5.53. The third-order valence-corrected chi connectivity index (χ3v) is 4.89. The Morgan fingerprint density at radius 3 is 2.62 bits per heavy atom. The number of nitrogens with zero attached hydrogens (tertiary/aromatic N) is 3. The number of fused-ring (bicyclic) bond motifs is 1. The van der Waals surface area contributed by atoms with Gasteiger partial charge < -0.3 is 9.73 Å². The first-order valence-corrected chi connectivity index (χ1v) is 9.41. The molecule has 29 heavy (non-hydrogen) atoms. The molecule has 0 aliphatic rings. The Hall–Kier alpha value is -3.51. The van der Waals surface area contributed by atoms with E-state index < -0.39 is 0 Å². The molecule has 1 atom stereocenters. The molecule has 146 valence electrons. The van der Waals surface area contributed by atoms with Crippen molar-refractivity contribution in [1.82, 2.24) is 20.2 Å². The first kappa shape index (κ1) is 18.8. The minimum Gasteiger partial charge on any atom is -0.468 e. The van der Waals surface area contributed by atoms with Crippen molar-refractivity contribution in [1.29, 1.82) is 0 Å². The second-order valence-corrected chi connectivity index (χ2v) is 7.01. The molecular weight excluding hydrogens is 364 g/mol. The van der Waals surface area contributed by atoms with E-state index in [1.807, 2.05) is 73.6 Å². The Balaban J connectivity index is 1.66. The molecule has 0 bridgehead atoms. The maximum atomic E-state index is 13.1. The lowest BCUT2D eigenvalue weighted by atomic mass is 10.0. The Labute approximate surface area is 169 Å². The van der Waals surface area contributed by atoms with Crippen LogP contribution < -0.4 is 5.32 Å². The zero-order chi connectivity index (χ0) is 20.2. The molecule has 0 aliphatic heterocycles. The van der Waals surface area contributed by atoms with Crippen LogP contribution in [0.2, 0.25) is 0 Å². The minimum atomic E-state index is -0.141. The third-order valence-electron chi connectivity index (χ3n) is 4.89. The maximum absolute atomic E-state index is 13.1. The van der Waals surface area contributed by atoms with Crippen LogP contribution in [0, 0.1) is 0 Å². The molecule has 1 unspecified atom stereocenters. The normalized spacial score (nSPS) is 12.2. The molecule has 4 aromatic rings. The van der Waals surface area contributed by atoms with Crippen LogP contribution in [0.25, 0.3) is 22.2 Å². The number of aromatic nitrogens is 2. The van der Waals surface area contributed by atoms with E-state index in [-0.39, 0.29) is 11.9 Å². The monoisotopic (exact) mass is 386 g/mol. The summed E-state index contributed by atoms with van der Waals surface area (Å²) in [5.41, 5.74) is 3.04. The standard InChI is InChI=1S/C23H22N4O2/c1-27(2)21(22-8-5-13-29-22)15-25-23(28)18-14-20(16-9-11-24-12-10-16)26-19-7-4-3-6-17(18)19/h3-14,21H,15H2,1-2H3,(H,25,28). The molecule has 0 spiro atoms. The Morgan fingerprint density at radius 1 is 1.10 bits per heavy atom. The Morgan fingerprint density at radius 2 is 1.90 bits per heavy atom. The second kappa shape index (κ2) is 8.24. The van der Waals surface area contributed by atoms with Crippen LogP contribution >= 0.6 is 0 Å². The molecular formula is C23H22N4O2. The van der Waals surface area contributed by atoms with E-state index in [0.29, 0.717) is 12.1 Å². The van der Waals surface area contributed by atoms with Crippen LogP contribution in [0.4, 0.5) is 0 Å². The van der Waals surface area contributed by atoms with Gasteiger partial charge in [0.05, 0.1) is 29.1 Å². The van der Waals surface area contributed by atoms with Crippen molar-refractivity contribution >= 4 is 16.8 Å². The quantitative estimate of drug-likeness (QED) is 0.544. The average Bonchev–Trinajstić information content (AvgIpc) is 3.28. The summed E-state index contributed by atoms with van der Waals surface area (Å²) in [4.78, 5) is 23.9. The van der Waals surface area contributed by atoms with Gasteiger partial charge in [0.2, 0.25) is 0 Å². The number of hydrogen-bond acceptors (Lipinski definition) is 5. The highest BCUT2D eigenvalue weighted by Gasteiger charge is 2.20. The van der Waals surface area contributed by atoms with Gasteiger partial charge in [-0.1, -0.05) is 18.2 Å². The summed E-state index contributed by atoms with van der Waals surface area (Å²) in [7, 11) is 3.92. The van der Waals surface area contributed by atoms with Crippen LogP contribution in [-0.4, -0.2) is 41.4 Å². The molecule has 0 aliphatic carbocycles. The lowest BCUT2D eigenvalue weighted by Crippen LogP contribution is -2.34. The number of carbonyl (C=O) groups is 1. The van der Waals surface area contributed by atoms with E-state index in [9.17, 15) is 4.79 Å². The molecule has 6 heteroatoms. The van der Waals surface area contributed by atoms with Gasteiger partial charge in [0.15, 0.2) is 0 Å². The number of para-hydroxylation sites is 1. The summed E-state index contributed by atoms with van der Waals surface area (Å²) in [6.07, 6.45) is 5.08. The summed E-state index contributed by atoms with van der Waals surface area (Å²) in [6.45, 7) is 0.431. The molecule has 1 aromatic carbocycles. The fourth-order valence-electron chi connectivity index (χ4n) is 3.34. The van der Waals surface area contributed by atoms with Crippen molar-refractivity contribution in [3.8, 4) is 11.3 Å². The predicted octanol–water partition coefficient (Wildman–Crippen LogP) is 3.92. The fraction of sp³-hybridized carbons (Fsp3) is 0.174. The van der Waals surface area contributed by atoms with Crippen molar-refractivity contribution in [3.63, 3.8) is 0 Å². The zero-order valence-corrected chi connectivity index (χ0v) is 16.4. The smallest absolute Gasteiger partial charge is 0.252 e. The van der Waals surface area contributed by atoms with Crippen LogP contribution in [0.1, 0.15) is 22.2 Å². The molecule has 1 N–H and O–H groups in total. The number of hydrogen-bond donors (Lipinski definition) is 1. The van der Waals surface area contributed by atoms with Crippen molar-refractivity contribution < 1.29 is 9.21 Å². The molecule has 3 aromatic heterocycles. The number of pyridine rings is 2. The van der Waals surface area contributed by atoms with Gasteiger partial charge in [-0.2, -0.15) is 0 Å². The summed E-state index contributed by atoms with van der Waals surface area (Å²) >= 11 is 0. The van der Waals surface area contributed by atoms with Gasteiger partial charge in [-0.25, -0.2) is 4.98 Å². The number of benzene rings is 1. The minimum absolute atomic E-state index is 0.0540. The largest absolute Gasteiger partial charge is 0.468 e. The number of rotatable bonds is 6. The first-order valence-electron chi connectivity index (χ1n) is 9.41. The number of carbonyl (C=O) groups excluding carboxylic acids is 1. The zero-order valence-electron chi connectivity index (χ0n) is 16.4. The topological polar surface area (TPSA) is 71.3 Å². The molecule has 4 rings (SSSR count). The Bertz CT molecular complexity index is 1110. The van der Waals surface area contributed by atoms with Crippen LogP contribution in [0.3, 0.4) is 0 Å².